The SMILES string of the molecule is CC(C)(C)[Si](C)(C)OC1OC(=O)C=C1CC(O)/C=C/C=C/c1ccccc1. The molecule has 0 radical (unpaired) electrons. The van der Waals surface area contributed by atoms with E-state index in [1.54, 1.807) is 12.2 Å². The van der Waals surface area contributed by atoms with Crippen LogP contribution in [0.2, 0.25) is 18.1 Å². The Bertz CT molecular complexity index is 726. The van der Waals surface area contributed by atoms with Crippen LogP contribution in [0.5, 0.6) is 0 Å². The predicted molar refractivity (Wildman–Crippen MR) is 111 cm³/mol. The van der Waals surface area contributed by atoms with Crippen molar-refractivity contribution < 1.29 is 19.1 Å². The van der Waals surface area contributed by atoms with Crippen LogP contribution in [-0.2, 0) is 14.0 Å². The summed E-state index contributed by atoms with van der Waals surface area (Å²) in [6.45, 7) is 10.6. The molecule has 2 unspecified atom stereocenters. The van der Waals surface area contributed by atoms with Crippen molar-refractivity contribution in [2.75, 3.05) is 0 Å². The molecule has 1 N–H and O–H groups in total. The van der Waals surface area contributed by atoms with Crippen molar-refractivity contribution in [1.29, 1.82) is 0 Å². The highest BCUT2D eigenvalue weighted by molar-refractivity contribution is 6.74. The number of carbonyl (C=O) groups excluding carboxylic acids is 1. The molecule has 0 saturated heterocycles. The van der Waals surface area contributed by atoms with Crippen molar-refractivity contribution in [1.82, 2.24) is 0 Å². The van der Waals surface area contributed by atoms with E-state index >= 15 is 0 Å². The van der Waals surface area contributed by atoms with Crippen LogP contribution >= 0.6 is 0 Å². The molecule has 0 saturated carbocycles. The van der Waals surface area contributed by atoms with E-state index in [1.807, 2.05) is 42.5 Å². The van der Waals surface area contributed by atoms with Crippen molar-refractivity contribution in [3.63, 3.8) is 0 Å². The lowest BCUT2D eigenvalue weighted by molar-refractivity contribution is -0.149. The van der Waals surface area contributed by atoms with Crippen LogP contribution in [-0.4, -0.2) is 31.8 Å². The molecule has 2 atom stereocenters. The largest absolute Gasteiger partial charge is 0.429 e. The Kier molecular flexibility index (Phi) is 6.98. The van der Waals surface area contributed by atoms with Gasteiger partial charge < -0.3 is 14.3 Å². The molecule has 1 aromatic carbocycles. The molecular formula is C22H30O4Si. The topological polar surface area (TPSA) is 55.8 Å². The minimum absolute atomic E-state index is 0.00780. The number of esters is 1. The van der Waals surface area contributed by atoms with Gasteiger partial charge in [-0.1, -0.05) is 75.4 Å². The van der Waals surface area contributed by atoms with Crippen LogP contribution in [0.1, 0.15) is 32.8 Å². The van der Waals surface area contributed by atoms with E-state index in [1.165, 1.54) is 6.08 Å². The third-order valence-corrected chi connectivity index (χ3v) is 9.43. The van der Waals surface area contributed by atoms with E-state index < -0.39 is 26.7 Å². The first kappa shape index (κ1) is 21.3. The molecule has 2 rings (SSSR count). The fourth-order valence-corrected chi connectivity index (χ4v) is 3.45. The summed E-state index contributed by atoms with van der Waals surface area (Å²) in [5.41, 5.74) is 1.78. The fraction of sp³-hybridized carbons (Fsp3) is 0.409. The molecule has 1 aromatic rings. The summed E-state index contributed by atoms with van der Waals surface area (Å²) in [4.78, 5) is 11.7. The van der Waals surface area contributed by atoms with E-state index in [-0.39, 0.29) is 5.04 Å². The van der Waals surface area contributed by atoms with Gasteiger partial charge in [0.2, 0.25) is 6.29 Å². The Morgan fingerprint density at radius 2 is 1.89 bits per heavy atom. The van der Waals surface area contributed by atoms with Gasteiger partial charge in [0.1, 0.15) is 0 Å². The van der Waals surface area contributed by atoms with Crippen LogP contribution in [0.15, 0.2) is 60.2 Å². The average Bonchev–Trinajstić information content (AvgIpc) is 2.90. The summed E-state index contributed by atoms with van der Waals surface area (Å²) in [5.74, 6) is -0.408. The third-order valence-electron chi connectivity index (χ3n) is 5.01. The molecule has 27 heavy (non-hydrogen) atoms. The normalized spacial score (nSPS) is 19.6. The smallest absolute Gasteiger partial charge is 0.333 e. The maximum absolute atomic E-state index is 11.7. The van der Waals surface area contributed by atoms with Gasteiger partial charge in [0.05, 0.1) is 6.10 Å². The van der Waals surface area contributed by atoms with Gasteiger partial charge in [-0.15, -0.1) is 0 Å². The summed E-state index contributed by atoms with van der Waals surface area (Å²) in [5, 5.41) is 10.3. The molecule has 4 nitrogen and oxygen atoms in total. The molecule has 0 aromatic heterocycles. The van der Waals surface area contributed by atoms with Crippen LogP contribution < -0.4 is 0 Å². The average molecular weight is 387 g/mol. The number of rotatable bonds is 7. The van der Waals surface area contributed by atoms with Gasteiger partial charge in [0.15, 0.2) is 8.32 Å². The zero-order valence-corrected chi connectivity index (χ0v) is 17.8. The highest BCUT2D eigenvalue weighted by Gasteiger charge is 2.42. The lowest BCUT2D eigenvalue weighted by Gasteiger charge is -2.38. The van der Waals surface area contributed by atoms with Crippen molar-refractivity contribution in [3.05, 3.63) is 65.8 Å². The number of ether oxygens (including phenoxy) is 1. The summed E-state index contributed by atoms with van der Waals surface area (Å²) >= 11 is 0. The summed E-state index contributed by atoms with van der Waals surface area (Å²) in [6.07, 6.45) is 7.69. The van der Waals surface area contributed by atoms with Gasteiger partial charge in [-0.05, 0) is 23.7 Å². The quantitative estimate of drug-likeness (QED) is 0.414. The summed E-state index contributed by atoms with van der Waals surface area (Å²) in [6, 6.07) is 9.94. The van der Waals surface area contributed by atoms with Crippen LogP contribution in [0, 0.1) is 0 Å². The van der Waals surface area contributed by atoms with E-state index in [9.17, 15) is 9.90 Å². The zero-order valence-electron chi connectivity index (χ0n) is 16.8. The van der Waals surface area contributed by atoms with Crippen molar-refractivity contribution in [3.8, 4) is 0 Å². The molecule has 0 fully saturated rings. The second kappa shape index (κ2) is 8.82. The molecule has 0 spiro atoms. The van der Waals surface area contributed by atoms with E-state index in [4.69, 9.17) is 9.16 Å². The van der Waals surface area contributed by atoms with Gasteiger partial charge >= 0.3 is 5.97 Å². The van der Waals surface area contributed by atoms with E-state index in [2.05, 4.69) is 33.9 Å². The van der Waals surface area contributed by atoms with Gasteiger partial charge in [-0.25, -0.2) is 4.79 Å². The first-order valence-corrected chi connectivity index (χ1v) is 12.2. The first-order chi connectivity index (χ1) is 12.6. The lowest BCUT2D eigenvalue weighted by Crippen LogP contribution is -2.44. The Morgan fingerprint density at radius 1 is 1.22 bits per heavy atom. The Hall–Kier alpha value is -1.95. The Morgan fingerprint density at radius 3 is 2.52 bits per heavy atom. The lowest BCUT2D eigenvalue weighted by atomic mass is 10.1. The number of hydrogen-bond donors (Lipinski definition) is 1. The maximum Gasteiger partial charge on any atom is 0.333 e. The second-order valence-corrected chi connectivity index (χ2v) is 13.0. The zero-order chi connectivity index (χ0) is 20.1. The van der Waals surface area contributed by atoms with Gasteiger partial charge in [-0.3, -0.25) is 0 Å². The number of aliphatic hydroxyl groups is 1. The van der Waals surface area contributed by atoms with Gasteiger partial charge in [0.25, 0.3) is 0 Å². The number of hydrogen-bond acceptors (Lipinski definition) is 4. The minimum atomic E-state index is -2.09. The van der Waals surface area contributed by atoms with E-state index in [0.29, 0.717) is 12.0 Å². The van der Waals surface area contributed by atoms with Gasteiger partial charge in [-0.2, -0.15) is 0 Å². The minimum Gasteiger partial charge on any atom is -0.429 e. The molecule has 5 heteroatoms. The predicted octanol–water partition coefficient (Wildman–Crippen LogP) is 4.84. The van der Waals surface area contributed by atoms with E-state index in [0.717, 1.165) is 5.56 Å². The van der Waals surface area contributed by atoms with Crippen LogP contribution in [0.4, 0.5) is 0 Å². The molecule has 0 amide bonds. The Balaban J connectivity index is 1.95. The molecule has 1 aliphatic rings. The molecule has 0 bridgehead atoms. The first-order valence-electron chi connectivity index (χ1n) is 9.25. The fourth-order valence-electron chi connectivity index (χ4n) is 2.37. The monoisotopic (exact) mass is 386 g/mol. The summed E-state index contributed by atoms with van der Waals surface area (Å²) in [7, 11) is -2.09. The summed E-state index contributed by atoms with van der Waals surface area (Å²) < 4.78 is 11.5. The standard InChI is InChI=1S/C22H30O4Si/c1-22(2,3)27(4,5)26-21-18(16-20(24)25-21)15-19(23)14-10-9-13-17-11-7-6-8-12-17/h6-14,16,19,21,23H,15H2,1-5H3/b13-9+,14-10+. The van der Waals surface area contributed by atoms with Crippen LogP contribution in [0.3, 0.4) is 0 Å². The molecule has 1 heterocycles. The number of cyclic esters (lactones) is 1. The second-order valence-electron chi connectivity index (χ2n) is 8.29. The van der Waals surface area contributed by atoms with Crippen molar-refractivity contribution in [2.45, 2.75) is 57.7 Å². The molecular weight excluding hydrogens is 356 g/mol. The number of carbonyl (C=O) groups is 1. The van der Waals surface area contributed by atoms with Gasteiger partial charge in [0, 0.05) is 18.1 Å². The molecule has 0 aliphatic carbocycles. The highest BCUT2D eigenvalue weighted by Crippen LogP contribution is 2.39. The number of allylic oxidation sites excluding steroid dienone is 2. The van der Waals surface area contributed by atoms with Crippen LogP contribution in [0.25, 0.3) is 6.08 Å². The van der Waals surface area contributed by atoms with Crippen molar-refractivity contribution >= 4 is 20.4 Å². The van der Waals surface area contributed by atoms with Crippen molar-refractivity contribution in [2.24, 2.45) is 0 Å². The maximum atomic E-state index is 11.7. The third kappa shape index (κ3) is 6.31. The Labute approximate surface area is 163 Å². The highest BCUT2D eigenvalue weighted by atomic mass is 28.4. The number of aliphatic hydroxyl groups excluding tert-OH is 1. The molecule has 146 valence electrons. The molecule has 1 aliphatic heterocycles. The number of benzene rings is 1.